The van der Waals surface area contributed by atoms with Gasteiger partial charge < -0.3 is 47.5 Å². The van der Waals surface area contributed by atoms with E-state index in [4.69, 9.17) is 5.73 Å². The monoisotopic (exact) mass is 819 g/mol. The van der Waals surface area contributed by atoms with Gasteiger partial charge in [0.05, 0.1) is 6.04 Å². The zero-order valence-electron chi connectivity index (χ0n) is 34.7. The molecule has 0 spiro atoms. The molecular formula is C43H61N7O9. The van der Waals surface area contributed by atoms with E-state index < -0.39 is 90.1 Å². The van der Waals surface area contributed by atoms with E-state index in [1.165, 1.54) is 0 Å². The van der Waals surface area contributed by atoms with Crippen molar-refractivity contribution in [3.63, 3.8) is 0 Å². The minimum absolute atomic E-state index is 0.0733. The van der Waals surface area contributed by atoms with Crippen LogP contribution in [0.15, 0.2) is 60.8 Å². The van der Waals surface area contributed by atoms with E-state index in [0.717, 1.165) is 16.5 Å². The van der Waals surface area contributed by atoms with Crippen molar-refractivity contribution in [1.29, 1.82) is 0 Å². The second-order valence-electron chi connectivity index (χ2n) is 16.0. The highest BCUT2D eigenvalue weighted by atomic mass is 16.4. The van der Waals surface area contributed by atoms with Crippen LogP contribution in [0.4, 0.5) is 0 Å². The number of aromatic amines is 1. The highest BCUT2D eigenvalue weighted by Crippen LogP contribution is 2.20. The molecule has 10 N–H and O–H groups in total. The van der Waals surface area contributed by atoms with Crippen LogP contribution >= 0.6 is 0 Å². The topological polar surface area (TPSA) is 262 Å². The smallest absolute Gasteiger partial charge is 0.326 e. The lowest BCUT2D eigenvalue weighted by molar-refractivity contribution is -0.142. The number of rotatable bonds is 24. The number of carboxylic acids is 2. The maximum absolute atomic E-state index is 14.1. The van der Waals surface area contributed by atoms with Crippen molar-refractivity contribution in [3.05, 3.63) is 71.9 Å². The third kappa shape index (κ3) is 15.2. The molecule has 3 rings (SSSR count). The summed E-state index contributed by atoms with van der Waals surface area (Å²) in [5, 5.41) is 33.5. The Morgan fingerprint density at radius 1 is 0.644 bits per heavy atom. The van der Waals surface area contributed by atoms with Crippen LogP contribution in [0.3, 0.4) is 0 Å². The molecule has 2 aromatic carbocycles. The molecule has 322 valence electrons. The van der Waals surface area contributed by atoms with Crippen LogP contribution in [-0.4, -0.2) is 92.9 Å². The minimum Gasteiger partial charge on any atom is -0.481 e. The van der Waals surface area contributed by atoms with Gasteiger partial charge in [0, 0.05) is 36.4 Å². The molecule has 59 heavy (non-hydrogen) atoms. The van der Waals surface area contributed by atoms with Gasteiger partial charge in [-0.3, -0.25) is 28.8 Å². The fourth-order valence-corrected chi connectivity index (χ4v) is 6.67. The van der Waals surface area contributed by atoms with Gasteiger partial charge in [-0.2, -0.15) is 0 Å². The number of H-pyrrole nitrogens is 1. The lowest BCUT2D eigenvalue weighted by Crippen LogP contribution is -2.61. The number of nitrogens with one attached hydrogen (secondary N) is 6. The Morgan fingerprint density at radius 2 is 1.19 bits per heavy atom. The van der Waals surface area contributed by atoms with Crippen LogP contribution in [0.5, 0.6) is 0 Å². The van der Waals surface area contributed by atoms with E-state index in [1.807, 2.05) is 38.1 Å². The number of carbonyl (C=O) groups excluding carboxylic acids is 5. The molecule has 0 bridgehead atoms. The van der Waals surface area contributed by atoms with Crippen molar-refractivity contribution in [3.8, 4) is 0 Å². The Bertz CT molecular complexity index is 1900. The summed E-state index contributed by atoms with van der Waals surface area (Å²) in [4.78, 5) is 96.0. The van der Waals surface area contributed by atoms with Crippen LogP contribution < -0.4 is 32.3 Å². The summed E-state index contributed by atoms with van der Waals surface area (Å²) in [6.07, 6.45) is 1.69. The molecule has 0 saturated heterocycles. The lowest BCUT2D eigenvalue weighted by atomic mass is 9.96. The molecule has 0 aliphatic heterocycles. The molecule has 16 heteroatoms. The molecular weight excluding hydrogens is 759 g/mol. The third-order valence-corrected chi connectivity index (χ3v) is 10.1. The SMILES string of the molecule is CC[C@H](C)[C@H](NC(=O)[C@H](Cc1ccccc1)NC(=O)[C@@H](N)CC(C)C)C(=O)N[C@@H](CCC(=O)O)C(=O)N[C@@H](Cc1c[nH]c2ccccc12)C(=O)N[C@@H](CC(C)C)C(=O)O. The highest BCUT2D eigenvalue weighted by Gasteiger charge is 2.35. The summed E-state index contributed by atoms with van der Waals surface area (Å²) in [5.74, 6) is -6.63. The molecule has 0 saturated carbocycles. The summed E-state index contributed by atoms with van der Waals surface area (Å²) in [7, 11) is 0. The highest BCUT2D eigenvalue weighted by molar-refractivity contribution is 5.97. The van der Waals surface area contributed by atoms with Gasteiger partial charge in [0.1, 0.15) is 30.2 Å². The fourth-order valence-electron chi connectivity index (χ4n) is 6.67. The number of fused-ring (bicyclic) bond motifs is 1. The number of para-hydroxylation sites is 1. The van der Waals surface area contributed by atoms with Gasteiger partial charge >= 0.3 is 11.9 Å². The maximum Gasteiger partial charge on any atom is 0.326 e. The molecule has 0 unspecified atom stereocenters. The maximum atomic E-state index is 14.1. The van der Waals surface area contributed by atoms with Crippen molar-refractivity contribution in [2.24, 2.45) is 23.5 Å². The summed E-state index contributed by atoms with van der Waals surface area (Å²) >= 11 is 0. The summed E-state index contributed by atoms with van der Waals surface area (Å²) in [5.41, 5.74) is 8.30. The Kier molecular flexibility index (Phi) is 18.5. The predicted octanol–water partition coefficient (Wildman–Crippen LogP) is 2.79. The largest absolute Gasteiger partial charge is 0.481 e. The number of amides is 5. The van der Waals surface area contributed by atoms with Crippen molar-refractivity contribution in [2.75, 3.05) is 0 Å². The lowest BCUT2D eigenvalue weighted by Gasteiger charge is -2.29. The Morgan fingerprint density at radius 3 is 1.80 bits per heavy atom. The summed E-state index contributed by atoms with van der Waals surface area (Å²) in [6.45, 7) is 11.0. The van der Waals surface area contributed by atoms with Gasteiger partial charge in [-0.15, -0.1) is 0 Å². The molecule has 0 fully saturated rings. The van der Waals surface area contributed by atoms with E-state index in [2.05, 4.69) is 31.6 Å². The average Bonchev–Trinajstić information content (AvgIpc) is 3.59. The van der Waals surface area contributed by atoms with E-state index >= 15 is 0 Å². The zero-order valence-corrected chi connectivity index (χ0v) is 34.7. The molecule has 0 aliphatic rings. The van der Waals surface area contributed by atoms with Crippen molar-refractivity contribution in [1.82, 2.24) is 31.6 Å². The van der Waals surface area contributed by atoms with Crippen LogP contribution in [-0.2, 0) is 46.4 Å². The number of carboxylic acid groups (broad SMARTS) is 2. The number of hydrogen-bond donors (Lipinski definition) is 9. The molecule has 0 aliphatic carbocycles. The summed E-state index contributed by atoms with van der Waals surface area (Å²) in [6, 6.07) is 8.96. The molecule has 5 amide bonds. The van der Waals surface area contributed by atoms with Crippen molar-refractivity contribution < 1.29 is 43.8 Å². The van der Waals surface area contributed by atoms with E-state index in [-0.39, 0.29) is 37.5 Å². The quantitative estimate of drug-likeness (QED) is 0.0638. The van der Waals surface area contributed by atoms with Crippen LogP contribution in [0.2, 0.25) is 0 Å². The normalized spacial score (nSPS) is 14.9. The van der Waals surface area contributed by atoms with Gasteiger partial charge in [0.2, 0.25) is 29.5 Å². The zero-order chi connectivity index (χ0) is 43.8. The first-order chi connectivity index (χ1) is 27.9. The first kappa shape index (κ1) is 47.6. The van der Waals surface area contributed by atoms with Crippen LogP contribution in [0, 0.1) is 17.8 Å². The van der Waals surface area contributed by atoms with Crippen molar-refractivity contribution >= 4 is 52.4 Å². The van der Waals surface area contributed by atoms with Gasteiger partial charge in [0.25, 0.3) is 0 Å². The number of hydrogen-bond acceptors (Lipinski definition) is 8. The van der Waals surface area contributed by atoms with Gasteiger partial charge in [-0.25, -0.2) is 4.79 Å². The minimum atomic E-state index is -1.49. The number of benzene rings is 2. The van der Waals surface area contributed by atoms with Crippen LogP contribution in [0.1, 0.15) is 84.8 Å². The van der Waals surface area contributed by atoms with Gasteiger partial charge in [0.15, 0.2) is 0 Å². The number of nitrogens with two attached hydrogens (primary N) is 1. The predicted molar refractivity (Wildman–Crippen MR) is 223 cm³/mol. The second kappa shape index (κ2) is 23.0. The average molecular weight is 820 g/mol. The van der Waals surface area contributed by atoms with E-state index in [0.29, 0.717) is 18.4 Å². The molecule has 16 nitrogen and oxygen atoms in total. The second-order valence-corrected chi connectivity index (χ2v) is 16.0. The third-order valence-electron chi connectivity index (χ3n) is 10.1. The Balaban J connectivity index is 1.92. The Labute approximate surface area is 345 Å². The summed E-state index contributed by atoms with van der Waals surface area (Å²) < 4.78 is 0. The molecule has 7 atom stereocenters. The number of carbonyl (C=O) groups is 7. The first-order valence-corrected chi connectivity index (χ1v) is 20.2. The number of aromatic nitrogens is 1. The fraction of sp³-hybridized carbons (Fsp3) is 0.512. The molecule has 1 heterocycles. The molecule has 1 aromatic heterocycles. The number of aliphatic carboxylic acids is 2. The van der Waals surface area contributed by atoms with Gasteiger partial charge in [-0.1, -0.05) is 96.5 Å². The van der Waals surface area contributed by atoms with Gasteiger partial charge in [-0.05, 0) is 54.2 Å². The first-order valence-electron chi connectivity index (χ1n) is 20.2. The van der Waals surface area contributed by atoms with E-state index in [1.54, 1.807) is 64.2 Å². The van der Waals surface area contributed by atoms with Crippen LogP contribution in [0.25, 0.3) is 10.9 Å². The molecule has 0 radical (unpaired) electrons. The van der Waals surface area contributed by atoms with E-state index in [9.17, 15) is 43.8 Å². The van der Waals surface area contributed by atoms with Crippen molar-refractivity contribution in [2.45, 2.75) is 123 Å². The Hall–Kier alpha value is -5.77. The standard InChI is InChI=1S/C43H61N7O9/c1-7-26(6)37(50-41(56)33(21-27-13-9-8-10-14-27)47-38(53)30(44)19-24(2)3)42(57)46-32(17-18-36(51)52)39(54)48-34(40(55)49-35(43(58)59)20-25(4)5)22-28-23-45-31-16-12-11-15-29(28)31/h8-16,23-26,30,32-35,37,45H,7,17-22,44H2,1-6H3,(H,46,57)(H,47,53)(H,48,54)(H,49,55)(H,50,56)(H,51,52)(H,58,59)/t26-,30-,32-,33-,34-,35-,37-/m0/s1. The molecule has 3 aromatic rings.